The molecule has 1 heteroatoms. The van der Waals surface area contributed by atoms with E-state index in [4.69, 9.17) is 0 Å². The molecule has 25 heavy (non-hydrogen) atoms. The summed E-state index contributed by atoms with van der Waals surface area (Å²) in [4.78, 5) is 2.61. The number of likely N-dealkylation sites (tertiary alicyclic amines) is 1. The normalized spacial score (nSPS) is 14.4. The zero-order valence-electron chi connectivity index (χ0n) is 16.7. The molecule has 0 saturated carbocycles. The minimum atomic E-state index is 0. The Labute approximate surface area is 160 Å². The summed E-state index contributed by atoms with van der Waals surface area (Å²) in [5.41, 5.74) is 1.66. The summed E-state index contributed by atoms with van der Waals surface area (Å²) in [5, 5.41) is 0. The molecule has 1 fully saturated rings. The molecule has 148 valence electrons. The van der Waals surface area contributed by atoms with Gasteiger partial charge in [-0.3, -0.25) is 0 Å². The van der Waals surface area contributed by atoms with Gasteiger partial charge in [0.15, 0.2) is 0 Å². The Morgan fingerprint density at radius 1 is 0.920 bits per heavy atom. The van der Waals surface area contributed by atoms with E-state index in [1.807, 2.05) is 0 Å². The summed E-state index contributed by atoms with van der Waals surface area (Å²) in [6.07, 6.45) is 17.5. The molecule has 2 aliphatic rings. The largest absolute Gasteiger partial charge is 0.303 e. The lowest BCUT2D eigenvalue weighted by atomic mass is 10.0. The molecule has 0 aromatic carbocycles. The predicted octanol–water partition coefficient (Wildman–Crippen LogP) is 7.99. The van der Waals surface area contributed by atoms with Gasteiger partial charge in [0.25, 0.3) is 0 Å². The summed E-state index contributed by atoms with van der Waals surface area (Å²) < 4.78 is 0. The van der Waals surface area contributed by atoms with Crippen molar-refractivity contribution in [1.29, 1.82) is 0 Å². The van der Waals surface area contributed by atoms with Crippen molar-refractivity contribution in [1.82, 2.24) is 4.90 Å². The van der Waals surface area contributed by atoms with Gasteiger partial charge in [0.05, 0.1) is 0 Å². The van der Waals surface area contributed by atoms with Crippen LogP contribution in [0.3, 0.4) is 0 Å². The fraction of sp³-hybridized carbons (Fsp3) is 0.583. The molecule has 1 heterocycles. The zero-order chi connectivity index (χ0) is 19.1. The maximum Gasteiger partial charge on any atom is -0.00157 e. The Hall–Kier alpha value is -1.34. The standard InChI is InChI=1S/C13H21N.C4H10.3C2H4.CH4/c1-2-7-13(8-3-1)9-6-12-14-10-4-5-11-14;1-3-4-2;3*1-2;/h1-2,7H,3-6,8-12H2;3-4H2,1-2H3;3*1-2H2;1H4. The summed E-state index contributed by atoms with van der Waals surface area (Å²) in [7, 11) is 0. The summed E-state index contributed by atoms with van der Waals surface area (Å²) in [5.74, 6) is 0. The van der Waals surface area contributed by atoms with Gasteiger partial charge < -0.3 is 4.90 Å². The van der Waals surface area contributed by atoms with E-state index < -0.39 is 0 Å². The summed E-state index contributed by atoms with van der Waals surface area (Å²) in [6.45, 7) is 26.4. The lowest BCUT2D eigenvalue weighted by Crippen LogP contribution is -2.20. The van der Waals surface area contributed by atoms with Gasteiger partial charge in [-0.05, 0) is 58.2 Å². The van der Waals surface area contributed by atoms with Gasteiger partial charge in [0.1, 0.15) is 0 Å². The molecule has 1 nitrogen and oxygen atoms in total. The Balaban J connectivity index is -0.000000172. The maximum atomic E-state index is 3.00. The molecule has 0 N–H and O–H groups in total. The van der Waals surface area contributed by atoms with Gasteiger partial charge in [-0.2, -0.15) is 0 Å². The van der Waals surface area contributed by atoms with E-state index in [1.165, 1.54) is 71.0 Å². The summed E-state index contributed by atoms with van der Waals surface area (Å²) >= 11 is 0. The first-order valence-corrected chi connectivity index (χ1v) is 9.43. The van der Waals surface area contributed by atoms with Crippen LogP contribution in [-0.4, -0.2) is 24.5 Å². The van der Waals surface area contributed by atoms with Crippen LogP contribution in [0.15, 0.2) is 63.3 Å². The number of unbranched alkanes of at least 4 members (excludes halogenated alkanes) is 1. The number of allylic oxidation sites excluding steroid dienone is 4. The first kappa shape index (κ1) is 31.4. The SMILES string of the molecule is C.C1=CCCC(CCCN2CCCC2)=C1.C=C.C=C.C=C.CCCC. The highest BCUT2D eigenvalue weighted by molar-refractivity contribution is 5.17. The number of hydrogen-bond acceptors (Lipinski definition) is 1. The van der Waals surface area contributed by atoms with Crippen molar-refractivity contribution in [2.24, 2.45) is 0 Å². The fourth-order valence-electron chi connectivity index (χ4n) is 2.40. The van der Waals surface area contributed by atoms with E-state index in [0.29, 0.717) is 0 Å². The van der Waals surface area contributed by atoms with Crippen LogP contribution in [0.2, 0.25) is 0 Å². The second-order valence-electron chi connectivity index (χ2n) is 5.44. The third-order valence-corrected chi connectivity index (χ3v) is 3.77. The molecule has 0 aromatic heterocycles. The minimum absolute atomic E-state index is 0. The Kier molecular flexibility index (Phi) is 38.4. The minimum Gasteiger partial charge on any atom is -0.303 e. The lowest BCUT2D eigenvalue weighted by Gasteiger charge is -2.15. The third-order valence-electron chi connectivity index (χ3n) is 3.77. The molecular formula is C24H47N. The average molecular weight is 350 g/mol. The van der Waals surface area contributed by atoms with Crippen molar-refractivity contribution in [3.63, 3.8) is 0 Å². The van der Waals surface area contributed by atoms with E-state index in [9.17, 15) is 0 Å². The van der Waals surface area contributed by atoms with E-state index in [2.05, 4.69) is 76.4 Å². The average Bonchev–Trinajstić information content (AvgIpc) is 3.21. The highest BCUT2D eigenvalue weighted by Crippen LogP contribution is 2.17. The van der Waals surface area contributed by atoms with Crippen LogP contribution in [0.4, 0.5) is 0 Å². The molecule has 0 aromatic rings. The van der Waals surface area contributed by atoms with E-state index in [-0.39, 0.29) is 7.43 Å². The highest BCUT2D eigenvalue weighted by Gasteiger charge is 2.10. The van der Waals surface area contributed by atoms with E-state index in [0.717, 1.165) is 0 Å². The molecule has 0 bridgehead atoms. The fourth-order valence-corrected chi connectivity index (χ4v) is 2.40. The molecule has 1 saturated heterocycles. The molecular weight excluding hydrogens is 302 g/mol. The second kappa shape index (κ2) is 30.5. The molecule has 0 amide bonds. The van der Waals surface area contributed by atoms with Gasteiger partial charge in [-0.15, -0.1) is 39.5 Å². The van der Waals surface area contributed by atoms with Crippen LogP contribution in [0.1, 0.15) is 72.6 Å². The first-order valence-electron chi connectivity index (χ1n) is 9.43. The third kappa shape index (κ3) is 22.7. The summed E-state index contributed by atoms with van der Waals surface area (Å²) in [6, 6.07) is 0. The van der Waals surface area contributed by atoms with Crippen LogP contribution in [0.25, 0.3) is 0 Å². The van der Waals surface area contributed by atoms with Gasteiger partial charge >= 0.3 is 0 Å². The quantitative estimate of drug-likeness (QED) is 0.454. The van der Waals surface area contributed by atoms with Crippen LogP contribution >= 0.6 is 0 Å². The topological polar surface area (TPSA) is 3.24 Å². The molecule has 0 unspecified atom stereocenters. The van der Waals surface area contributed by atoms with Crippen molar-refractivity contribution in [2.75, 3.05) is 19.6 Å². The van der Waals surface area contributed by atoms with Crippen LogP contribution < -0.4 is 0 Å². The molecule has 2 rings (SSSR count). The smallest absolute Gasteiger partial charge is 0.00157 e. The van der Waals surface area contributed by atoms with Crippen LogP contribution in [-0.2, 0) is 0 Å². The van der Waals surface area contributed by atoms with Gasteiger partial charge in [-0.25, -0.2) is 0 Å². The van der Waals surface area contributed by atoms with Crippen molar-refractivity contribution < 1.29 is 0 Å². The first-order chi connectivity index (χ1) is 11.9. The lowest BCUT2D eigenvalue weighted by molar-refractivity contribution is 0.333. The monoisotopic (exact) mass is 349 g/mol. The molecule has 0 spiro atoms. The van der Waals surface area contributed by atoms with Gasteiger partial charge in [0, 0.05) is 0 Å². The Morgan fingerprint density at radius 2 is 1.44 bits per heavy atom. The Morgan fingerprint density at radius 3 is 1.84 bits per heavy atom. The zero-order valence-corrected chi connectivity index (χ0v) is 16.7. The number of hydrogen-bond donors (Lipinski definition) is 0. The number of rotatable bonds is 5. The highest BCUT2D eigenvalue weighted by atomic mass is 15.1. The molecule has 0 radical (unpaired) electrons. The van der Waals surface area contributed by atoms with Crippen molar-refractivity contribution in [2.45, 2.75) is 72.6 Å². The van der Waals surface area contributed by atoms with Crippen molar-refractivity contribution in [3.05, 3.63) is 63.3 Å². The van der Waals surface area contributed by atoms with E-state index in [1.54, 1.807) is 5.57 Å². The van der Waals surface area contributed by atoms with Crippen molar-refractivity contribution in [3.8, 4) is 0 Å². The second-order valence-corrected chi connectivity index (χ2v) is 5.44. The Bertz CT molecular complexity index is 278. The van der Waals surface area contributed by atoms with Crippen LogP contribution in [0.5, 0.6) is 0 Å². The van der Waals surface area contributed by atoms with E-state index >= 15 is 0 Å². The molecule has 1 aliphatic heterocycles. The molecule has 1 aliphatic carbocycles. The molecule has 0 atom stereocenters. The predicted molar refractivity (Wildman–Crippen MR) is 122 cm³/mol. The van der Waals surface area contributed by atoms with Crippen LogP contribution in [0, 0.1) is 0 Å². The maximum absolute atomic E-state index is 3.00. The van der Waals surface area contributed by atoms with Crippen molar-refractivity contribution >= 4 is 0 Å². The van der Waals surface area contributed by atoms with Gasteiger partial charge in [-0.1, -0.05) is 57.9 Å². The van der Waals surface area contributed by atoms with Gasteiger partial charge in [0.2, 0.25) is 0 Å². The number of nitrogens with zero attached hydrogens (tertiary/aromatic N) is 1.